The quantitative estimate of drug-likeness (QED) is 0.872. The lowest BCUT2D eigenvalue weighted by molar-refractivity contribution is -0.137. The highest BCUT2D eigenvalue weighted by molar-refractivity contribution is 5.94. The first-order valence-electron chi connectivity index (χ1n) is 6.58. The number of benzene rings is 1. The number of halogens is 1. The van der Waals surface area contributed by atoms with Gasteiger partial charge in [0.15, 0.2) is 0 Å². The number of hydrogen-bond acceptors (Lipinski definition) is 2. The molecule has 1 amide bonds. The molecule has 5 heteroatoms. The fraction of sp³-hybridized carbons (Fsp3) is 0.467. The normalized spacial score (nSPS) is 10.7. The van der Waals surface area contributed by atoms with Gasteiger partial charge in [0.2, 0.25) is 0 Å². The second kappa shape index (κ2) is 7.03. The van der Waals surface area contributed by atoms with E-state index in [2.05, 4.69) is 0 Å². The van der Waals surface area contributed by atoms with Crippen LogP contribution in [0.2, 0.25) is 0 Å². The number of carbonyl (C=O) groups excluding carboxylic acids is 1. The van der Waals surface area contributed by atoms with Gasteiger partial charge in [-0.15, -0.1) is 0 Å². The molecule has 1 aromatic rings. The molecule has 0 aliphatic heterocycles. The van der Waals surface area contributed by atoms with Crippen LogP contribution in [-0.4, -0.2) is 35.0 Å². The molecule has 1 N–H and O–H groups in total. The lowest BCUT2D eigenvalue weighted by atomic mass is 10.1. The Morgan fingerprint density at radius 1 is 1.35 bits per heavy atom. The van der Waals surface area contributed by atoms with E-state index < -0.39 is 17.7 Å². The average Bonchev–Trinajstić information content (AvgIpc) is 2.36. The van der Waals surface area contributed by atoms with E-state index in [1.165, 1.54) is 17.0 Å². The number of aliphatic carboxylic acids is 1. The highest BCUT2D eigenvalue weighted by atomic mass is 19.1. The van der Waals surface area contributed by atoms with Gasteiger partial charge in [-0.3, -0.25) is 9.59 Å². The van der Waals surface area contributed by atoms with Crippen molar-refractivity contribution in [3.05, 3.63) is 35.1 Å². The molecule has 0 radical (unpaired) electrons. The van der Waals surface area contributed by atoms with Crippen molar-refractivity contribution in [2.75, 3.05) is 13.1 Å². The largest absolute Gasteiger partial charge is 0.481 e. The van der Waals surface area contributed by atoms with Crippen LogP contribution in [0.25, 0.3) is 0 Å². The first-order chi connectivity index (χ1) is 9.31. The van der Waals surface area contributed by atoms with Gasteiger partial charge in [0, 0.05) is 13.1 Å². The number of nitrogens with zero attached hydrogens (tertiary/aromatic N) is 1. The molecule has 0 saturated carbocycles. The highest BCUT2D eigenvalue weighted by Gasteiger charge is 2.20. The first-order valence-corrected chi connectivity index (χ1v) is 6.58. The van der Waals surface area contributed by atoms with E-state index in [1.807, 2.05) is 13.8 Å². The molecule has 110 valence electrons. The van der Waals surface area contributed by atoms with Crippen molar-refractivity contribution in [3.8, 4) is 0 Å². The van der Waals surface area contributed by atoms with Gasteiger partial charge in [-0.1, -0.05) is 25.5 Å². The predicted octanol–water partition coefficient (Wildman–Crippen LogP) is 2.71. The van der Waals surface area contributed by atoms with Crippen LogP contribution < -0.4 is 0 Å². The van der Waals surface area contributed by atoms with Crippen LogP contribution in [0.5, 0.6) is 0 Å². The summed E-state index contributed by atoms with van der Waals surface area (Å²) < 4.78 is 13.8. The van der Waals surface area contributed by atoms with Crippen LogP contribution in [0.15, 0.2) is 18.2 Å². The molecule has 20 heavy (non-hydrogen) atoms. The van der Waals surface area contributed by atoms with E-state index >= 15 is 0 Å². The Hall–Kier alpha value is -1.91. The lowest BCUT2D eigenvalue weighted by Gasteiger charge is -2.24. The molecule has 0 aliphatic rings. The average molecular weight is 281 g/mol. The van der Waals surface area contributed by atoms with E-state index in [0.29, 0.717) is 6.54 Å². The van der Waals surface area contributed by atoms with Gasteiger partial charge in [-0.05, 0) is 25.0 Å². The summed E-state index contributed by atoms with van der Waals surface area (Å²) in [7, 11) is 0. The topological polar surface area (TPSA) is 57.6 Å². The summed E-state index contributed by atoms with van der Waals surface area (Å²) in [5.74, 6) is -1.83. The van der Waals surface area contributed by atoms with Crippen LogP contribution in [0.4, 0.5) is 4.39 Å². The molecule has 0 heterocycles. The van der Waals surface area contributed by atoms with E-state index in [0.717, 1.165) is 5.56 Å². The van der Waals surface area contributed by atoms with E-state index in [9.17, 15) is 14.0 Å². The zero-order chi connectivity index (χ0) is 15.3. The summed E-state index contributed by atoms with van der Waals surface area (Å²) in [4.78, 5) is 24.4. The standard InChI is InChI=1S/C15H20FNO3/c1-10(2)9-17(7-6-14(18)19)15(20)12-8-11(3)4-5-13(12)16/h4-5,8,10H,6-7,9H2,1-3H3,(H,18,19). The zero-order valence-corrected chi connectivity index (χ0v) is 12.0. The fourth-order valence-electron chi connectivity index (χ4n) is 1.92. The number of hydrogen-bond donors (Lipinski definition) is 1. The second-order valence-corrected chi connectivity index (χ2v) is 5.27. The van der Waals surface area contributed by atoms with Crippen LogP contribution in [0.1, 0.15) is 36.2 Å². The Labute approximate surface area is 118 Å². The second-order valence-electron chi connectivity index (χ2n) is 5.27. The Bertz CT molecular complexity index is 500. The maximum Gasteiger partial charge on any atom is 0.305 e. The number of carboxylic acid groups (broad SMARTS) is 1. The van der Waals surface area contributed by atoms with Crippen LogP contribution in [0.3, 0.4) is 0 Å². The van der Waals surface area contributed by atoms with Crippen LogP contribution >= 0.6 is 0 Å². The third-order valence-corrected chi connectivity index (χ3v) is 2.82. The van der Waals surface area contributed by atoms with Gasteiger partial charge in [-0.2, -0.15) is 0 Å². The van der Waals surface area contributed by atoms with E-state index in [-0.39, 0.29) is 24.4 Å². The molecular weight excluding hydrogens is 261 g/mol. The number of amides is 1. The molecule has 0 atom stereocenters. The van der Waals surface area contributed by atoms with Gasteiger partial charge < -0.3 is 10.0 Å². The van der Waals surface area contributed by atoms with Gasteiger partial charge >= 0.3 is 5.97 Å². The van der Waals surface area contributed by atoms with Crippen molar-refractivity contribution in [2.45, 2.75) is 27.2 Å². The van der Waals surface area contributed by atoms with Gasteiger partial charge in [-0.25, -0.2) is 4.39 Å². The third kappa shape index (κ3) is 4.64. The van der Waals surface area contributed by atoms with Gasteiger partial charge in [0.1, 0.15) is 5.82 Å². The Kier molecular flexibility index (Phi) is 5.67. The molecule has 0 aromatic heterocycles. The summed E-state index contributed by atoms with van der Waals surface area (Å²) in [6.45, 7) is 6.11. The third-order valence-electron chi connectivity index (χ3n) is 2.82. The number of carboxylic acids is 1. The smallest absolute Gasteiger partial charge is 0.305 e. The predicted molar refractivity (Wildman–Crippen MR) is 74.1 cm³/mol. The van der Waals surface area contributed by atoms with Crippen molar-refractivity contribution in [3.63, 3.8) is 0 Å². The molecular formula is C15H20FNO3. The van der Waals surface area contributed by atoms with Crippen molar-refractivity contribution in [1.82, 2.24) is 4.90 Å². The molecule has 1 rings (SSSR count). The highest BCUT2D eigenvalue weighted by Crippen LogP contribution is 2.14. The molecule has 0 aliphatic carbocycles. The molecule has 1 aromatic carbocycles. The maximum atomic E-state index is 13.8. The minimum atomic E-state index is -0.976. The van der Waals surface area contributed by atoms with Crippen molar-refractivity contribution < 1.29 is 19.1 Å². The number of aryl methyl sites for hydroxylation is 1. The Morgan fingerprint density at radius 3 is 2.55 bits per heavy atom. The summed E-state index contributed by atoms with van der Waals surface area (Å²) in [6.07, 6.45) is -0.147. The van der Waals surface area contributed by atoms with Gasteiger partial charge in [0.05, 0.1) is 12.0 Å². The summed E-state index contributed by atoms with van der Waals surface area (Å²) in [5.41, 5.74) is 0.786. The minimum Gasteiger partial charge on any atom is -0.481 e. The van der Waals surface area contributed by atoms with Crippen molar-refractivity contribution in [2.24, 2.45) is 5.92 Å². The Morgan fingerprint density at radius 2 is 2.00 bits per heavy atom. The number of rotatable bonds is 6. The first kappa shape index (κ1) is 16.1. The molecule has 0 unspecified atom stereocenters. The molecule has 4 nitrogen and oxygen atoms in total. The number of carbonyl (C=O) groups is 2. The summed E-state index contributed by atoms with van der Waals surface area (Å²) >= 11 is 0. The molecule has 0 saturated heterocycles. The SMILES string of the molecule is Cc1ccc(F)c(C(=O)N(CCC(=O)O)CC(C)C)c1. The van der Waals surface area contributed by atoms with Crippen molar-refractivity contribution in [1.29, 1.82) is 0 Å². The molecule has 0 fully saturated rings. The molecule has 0 spiro atoms. The van der Waals surface area contributed by atoms with Crippen LogP contribution in [0, 0.1) is 18.7 Å². The fourth-order valence-corrected chi connectivity index (χ4v) is 1.92. The minimum absolute atomic E-state index is 0.00367. The van der Waals surface area contributed by atoms with Crippen molar-refractivity contribution >= 4 is 11.9 Å². The Balaban J connectivity index is 2.96. The monoisotopic (exact) mass is 281 g/mol. The summed E-state index contributed by atoms with van der Waals surface area (Å²) in [5, 5.41) is 8.74. The lowest BCUT2D eigenvalue weighted by Crippen LogP contribution is -2.36. The maximum absolute atomic E-state index is 13.8. The van der Waals surface area contributed by atoms with Crippen LogP contribution in [-0.2, 0) is 4.79 Å². The molecule has 0 bridgehead atoms. The van der Waals surface area contributed by atoms with Gasteiger partial charge in [0.25, 0.3) is 5.91 Å². The summed E-state index contributed by atoms with van der Waals surface area (Å²) in [6, 6.07) is 4.34. The van der Waals surface area contributed by atoms with E-state index in [4.69, 9.17) is 5.11 Å². The van der Waals surface area contributed by atoms with E-state index in [1.54, 1.807) is 13.0 Å². The zero-order valence-electron chi connectivity index (χ0n) is 12.0.